The van der Waals surface area contributed by atoms with Gasteiger partial charge in [0.2, 0.25) is 0 Å². The SMILES string of the molecule is C=C(NNC(=O)c1ccc2ccccc2n1)c1ccccc1Cl. The van der Waals surface area contributed by atoms with E-state index in [2.05, 4.69) is 22.4 Å². The lowest BCUT2D eigenvalue weighted by Crippen LogP contribution is -2.36. The number of hydrogen-bond donors (Lipinski definition) is 2. The zero-order chi connectivity index (χ0) is 16.2. The zero-order valence-electron chi connectivity index (χ0n) is 12.2. The molecule has 2 N–H and O–H groups in total. The van der Waals surface area contributed by atoms with Gasteiger partial charge in [-0.05, 0) is 18.2 Å². The fraction of sp³-hybridized carbons (Fsp3) is 0. The molecule has 1 heterocycles. The van der Waals surface area contributed by atoms with E-state index in [9.17, 15) is 4.79 Å². The molecule has 3 rings (SSSR count). The lowest BCUT2D eigenvalue weighted by atomic mass is 10.2. The molecule has 0 aliphatic rings. The Balaban J connectivity index is 1.71. The van der Waals surface area contributed by atoms with Crippen LogP contribution in [0.1, 0.15) is 16.1 Å². The lowest BCUT2D eigenvalue weighted by Gasteiger charge is -2.12. The molecule has 0 atom stereocenters. The number of fused-ring (bicyclic) bond motifs is 1. The number of halogens is 1. The summed E-state index contributed by atoms with van der Waals surface area (Å²) in [5.41, 5.74) is 7.67. The molecule has 2 aromatic carbocycles. The Labute approximate surface area is 138 Å². The van der Waals surface area contributed by atoms with Crippen molar-refractivity contribution in [1.29, 1.82) is 0 Å². The number of hydrazine groups is 1. The average molecular weight is 324 g/mol. The molecule has 1 aromatic heterocycles. The van der Waals surface area contributed by atoms with Crippen molar-refractivity contribution in [2.45, 2.75) is 0 Å². The van der Waals surface area contributed by atoms with Gasteiger partial charge in [-0.3, -0.25) is 15.6 Å². The monoisotopic (exact) mass is 323 g/mol. The first-order valence-corrected chi connectivity index (χ1v) is 7.39. The molecule has 0 saturated heterocycles. The third-order valence-electron chi connectivity index (χ3n) is 3.36. The molecule has 0 bridgehead atoms. The van der Waals surface area contributed by atoms with E-state index < -0.39 is 0 Å². The average Bonchev–Trinajstić information content (AvgIpc) is 2.59. The van der Waals surface area contributed by atoms with E-state index in [1.807, 2.05) is 48.5 Å². The van der Waals surface area contributed by atoms with E-state index >= 15 is 0 Å². The Bertz CT molecular complexity index is 892. The van der Waals surface area contributed by atoms with Gasteiger partial charge in [0, 0.05) is 16.0 Å². The molecule has 23 heavy (non-hydrogen) atoms. The molecular formula is C18H14ClN3O. The highest BCUT2D eigenvalue weighted by molar-refractivity contribution is 6.32. The van der Waals surface area contributed by atoms with Crippen LogP contribution in [0.2, 0.25) is 5.02 Å². The molecule has 0 aliphatic carbocycles. The van der Waals surface area contributed by atoms with Gasteiger partial charge < -0.3 is 0 Å². The van der Waals surface area contributed by atoms with E-state index in [1.54, 1.807) is 12.1 Å². The number of nitrogens with zero attached hydrogens (tertiary/aromatic N) is 1. The number of amides is 1. The first-order valence-electron chi connectivity index (χ1n) is 7.01. The number of hydrogen-bond acceptors (Lipinski definition) is 3. The Morgan fingerprint density at radius 2 is 1.70 bits per heavy atom. The minimum atomic E-state index is -0.344. The first kappa shape index (κ1) is 15.1. The third kappa shape index (κ3) is 3.33. The number of carbonyl (C=O) groups excluding carboxylic acids is 1. The molecular weight excluding hydrogens is 310 g/mol. The highest BCUT2D eigenvalue weighted by atomic mass is 35.5. The fourth-order valence-electron chi connectivity index (χ4n) is 2.16. The second-order valence-electron chi connectivity index (χ2n) is 4.93. The molecule has 0 radical (unpaired) electrons. The molecule has 0 fully saturated rings. The van der Waals surface area contributed by atoms with E-state index in [0.29, 0.717) is 16.4 Å². The quantitative estimate of drug-likeness (QED) is 0.718. The minimum absolute atomic E-state index is 0.322. The van der Waals surface area contributed by atoms with Gasteiger partial charge >= 0.3 is 0 Å². The van der Waals surface area contributed by atoms with Crippen LogP contribution in [0, 0.1) is 0 Å². The van der Waals surface area contributed by atoms with Crippen molar-refractivity contribution in [3.63, 3.8) is 0 Å². The molecule has 3 aromatic rings. The molecule has 4 nitrogen and oxygen atoms in total. The molecule has 114 valence electrons. The number of carbonyl (C=O) groups is 1. The first-order chi connectivity index (χ1) is 11.1. The van der Waals surface area contributed by atoms with Gasteiger partial charge in [-0.25, -0.2) is 4.98 Å². The number of para-hydroxylation sites is 1. The predicted molar refractivity (Wildman–Crippen MR) is 92.8 cm³/mol. The zero-order valence-corrected chi connectivity index (χ0v) is 13.0. The summed E-state index contributed by atoms with van der Waals surface area (Å²) >= 11 is 6.09. The summed E-state index contributed by atoms with van der Waals surface area (Å²) in [6.45, 7) is 3.87. The maximum Gasteiger partial charge on any atom is 0.288 e. The molecule has 0 aliphatic heterocycles. The van der Waals surface area contributed by atoms with E-state index in [0.717, 1.165) is 16.5 Å². The van der Waals surface area contributed by atoms with Gasteiger partial charge in [0.05, 0.1) is 11.2 Å². The second-order valence-corrected chi connectivity index (χ2v) is 5.33. The van der Waals surface area contributed by atoms with Crippen molar-refractivity contribution in [2.75, 3.05) is 0 Å². The van der Waals surface area contributed by atoms with Crippen LogP contribution in [0.5, 0.6) is 0 Å². The summed E-state index contributed by atoms with van der Waals surface area (Å²) in [6.07, 6.45) is 0. The molecule has 0 spiro atoms. The third-order valence-corrected chi connectivity index (χ3v) is 3.69. The highest BCUT2D eigenvalue weighted by Crippen LogP contribution is 2.20. The van der Waals surface area contributed by atoms with E-state index in [1.165, 1.54) is 0 Å². The summed E-state index contributed by atoms with van der Waals surface area (Å²) in [6, 6.07) is 18.4. The number of aromatic nitrogens is 1. The largest absolute Gasteiger partial charge is 0.298 e. The van der Waals surface area contributed by atoms with Crippen LogP contribution in [0.4, 0.5) is 0 Å². The maximum atomic E-state index is 12.2. The van der Waals surface area contributed by atoms with Crippen LogP contribution < -0.4 is 10.9 Å². The van der Waals surface area contributed by atoms with Crippen molar-refractivity contribution in [2.24, 2.45) is 0 Å². The fourth-order valence-corrected chi connectivity index (χ4v) is 2.41. The van der Waals surface area contributed by atoms with Gasteiger partial charge in [0.1, 0.15) is 5.69 Å². The van der Waals surface area contributed by atoms with Crippen molar-refractivity contribution in [1.82, 2.24) is 15.8 Å². The lowest BCUT2D eigenvalue weighted by molar-refractivity contribution is 0.0938. The summed E-state index contributed by atoms with van der Waals surface area (Å²) in [7, 11) is 0. The summed E-state index contributed by atoms with van der Waals surface area (Å²) < 4.78 is 0. The Morgan fingerprint density at radius 1 is 0.957 bits per heavy atom. The molecule has 0 saturated carbocycles. The van der Waals surface area contributed by atoms with Gasteiger partial charge in [-0.1, -0.05) is 60.6 Å². The van der Waals surface area contributed by atoms with Gasteiger partial charge in [-0.15, -0.1) is 0 Å². The molecule has 5 heteroatoms. The van der Waals surface area contributed by atoms with Gasteiger partial charge in [-0.2, -0.15) is 0 Å². The topological polar surface area (TPSA) is 54.0 Å². The van der Waals surface area contributed by atoms with Crippen LogP contribution in [0.3, 0.4) is 0 Å². The Hall–Kier alpha value is -2.85. The number of benzene rings is 2. The summed E-state index contributed by atoms with van der Waals surface area (Å²) in [5.74, 6) is -0.344. The predicted octanol–water partition coefficient (Wildman–Crippen LogP) is 3.79. The number of rotatable bonds is 4. The van der Waals surface area contributed by atoms with Crippen LogP contribution in [-0.2, 0) is 0 Å². The van der Waals surface area contributed by atoms with E-state index in [-0.39, 0.29) is 5.91 Å². The molecule has 1 amide bonds. The standard InChI is InChI=1S/C18H14ClN3O/c1-12(14-7-3-4-8-15(14)19)21-22-18(23)17-11-10-13-6-2-5-9-16(13)20-17/h2-11,21H,1H2,(H,22,23). The van der Waals surface area contributed by atoms with Crippen molar-refractivity contribution in [3.8, 4) is 0 Å². The minimum Gasteiger partial charge on any atom is -0.298 e. The van der Waals surface area contributed by atoms with Crippen molar-refractivity contribution >= 4 is 34.1 Å². The summed E-state index contributed by atoms with van der Waals surface area (Å²) in [4.78, 5) is 16.5. The van der Waals surface area contributed by atoms with Crippen molar-refractivity contribution < 1.29 is 4.79 Å². The van der Waals surface area contributed by atoms with Crippen LogP contribution in [0.25, 0.3) is 16.6 Å². The van der Waals surface area contributed by atoms with Gasteiger partial charge in [0.25, 0.3) is 5.91 Å². The second kappa shape index (κ2) is 6.50. The van der Waals surface area contributed by atoms with Crippen LogP contribution in [-0.4, -0.2) is 10.9 Å². The van der Waals surface area contributed by atoms with Crippen molar-refractivity contribution in [3.05, 3.63) is 83.5 Å². The van der Waals surface area contributed by atoms with Crippen LogP contribution in [0.15, 0.2) is 67.2 Å². The number of nitrogens with one attached hydrogen (secondary N) is 2. The van der Waals surface area contributed by atoms with E-state index in [4.69, 9.17) is 11.6 Å². The normalized spacial score (nSPS) is 10.3. The van der Waals surface area contributed by atoms with Gasteiger partial charge in [0.15, 0.2) is 0 Å². The van der Waals surface area contributed by atoms with Crippen LogP contribution >= 0.6 is 11.6 Å². The molecule has 0 unspecified atom stereocenters. The maximum absolute atomic E-state index is 12.2. The summed E-state index contributed by atoms with van der Waals surface area (Å²) in [5, 5.41) is 1.54. The Kier molecular flexibility index (Phi) is 4.26. The smallest absolute Gasteiger partial charge is 0.288 e. The highest BCUT2D eigenvalue weighted by Gasteiger charge is 2.09. The number of pyridine rings is 1. The Morgan fingerprint density at radius 3 is 2.52 bits per heavy atom.